The van der Waals surface area contributed by atoms with E-state index in [2.05, 4.69) is 21.4 Å². The van der Waals surface area contributed by atoms with Gasteiger partial charge in [-0.3, -0.25) is 0 Å². The van der Waals surface area contributed by atoms with Crippen molar-refractivity contribution in [3.8, 4) is 6.07 Å². The van der Waals surface area contributed by atoms with Crippen molar-refractivity contribution in [1.82, 2.24) is 9.97 Å². The maximum atomic E-state index is 8.75. The van der Waals surface area contributed by atoms with E-state index in [1.54, 1.807) is 0 Å². The van der Waals surface area contributed by atoms with Gasteiger partial charge in [0, 0.05) is 32.1 Å². The predicted molar refractivity (Wildman–Crippen MR) is 73.7 cm³/mol. The van der Waals surface area contributed by atoms with Crippen LogP contribution in [0.15, 0.2) is 6.07 Å². The summed E-state index contributed by atoms with van der Waals surface area (Å²) in [5, 5.41) is 12.0. The van der Waals surface area contributed by atoms with E-state index in [9.17, 15) is 0 Å². The molecular weight excluding hydrogens is 226 g/mol. The molecule has 1 unspecified atom stereocenters. The number of aromatic nitrogens is 2. The minimum Gasteiger partial charge on any atom is -0.370 e. The first-order valence-corrected chi connectivity index (χ1v) is 6.33. The van der Waals surface area contributed by atoms with Gasteiger partial charge in [-0.15, -0.1) is 0 Å². The molecule has 0 aliphatic carbocycles. The minimum atomic E-state index is 0.143. The van der Waals surface area contributed by atoms with Gasteiger partial charge in [0.2, 0.25) is 0 Å². The van der Waals surface area contributed by atoms with Crippen molar-refractivity contribution < 1.29 is 0 Å². The number of hydrogen-bond donors (Lipinski definition) is 1. The zero-order valence-corrected chi connectivity index (χ0v) is 11.6. The third kappa shape index (κ3) is 3.59. The van der Waals surface area contributed by atoms with Crippen LogP contribution in [0.25, 0.3) is 0 Å². The Balaban J connectivity index is 2.99. The summed E-state index contributed by atoms with van der Waals surface area (Å²) in [7, 11) is 1.96. The average Bonchev–Trinajstić information content (AvgIpc) is 2.38. The molecule has 1 rings (SSSR count). The SMILES string of the molecule is CCNc1cc(N(C)C(C)CC#N)nc(CC)n1. The number of nitrogens with zero attached hydrogens (tertiary/aromatic N) is 4. The van der Waals surface area contributed by atoms with Gasteiger partial charge < -0.3 is 10.2 Å². The summed E-state index contributed by atoms with van der Waals surface area (Å²) in [5.41, 5.74) is 0. The molecule has 5 nitrogen and oxygen atoms in total. The van der Waals surface area contributed by atoms with E-state index in [4.69, 9.17) is 5.26 Å². The van der Waals surface area contributed by atoms with Crippen LogP contribution in [0, 0.1) is 11.3 Å². The highest BCUT2D eigenvalue weighted by Crippen LogP contribution is 2.18. The van der Waals surface area contributed by atoms with Crippen LogP contribution < -0.4 is 10.2 Å². The van der Waals surface area contributed by atoms with E-state index < -0.39 is 0 Å². The second kappa shape index (κ2) is 6.80. The Morgan fingerprint density at radius 1 is 1.44 bits per heavy atom. The summed E-state index contributed by atoms with van der Waals surface area (Å²) in [4.78, 5) is 10.9. The number of anilines is 2. The van der Waals surface area contributed by atoms with E-state index >= 15 is 0 Å². The van der Waals surface area contributed by atoms with Gasteiger partial charge in [0.05, 0.1) is 12.5 Å². The van der Waals surface area contributed by atoms with E-state index in [-0.39, 0.29) is 6.04 Å². The standard InChI is InChI=1S/C13H21N5/c1-5-11-16-12(15-6-2)9-13(17-11)18(4)10(3)7-8-14/h9-10H,5-7H2,1-4H3,(H,15,16,17). The molecule has 5 heteroatoms. The summed E-state index contributed by atoms with van der Waals surface area (Å²) in [6.07, 6.45) is 1.28. The van der Waals surface area contributed by atoms with Crippen LogP contribution in [-0.2, 0) is 6.42 Å². The van der Waals surface area contributed by atoms with Crippen LogP contribution in [0.4, 0.5) is 11.6 Å². The van der Waals surface area contributed by atoms with Crippen LogP contribution in [0.2, 0.25) is 0 Å². The Morgan fingerprint density at radius 3 is 2.72 bits per heavy atom. The van der Waals surface area contributed by atoms with Gasteiger partial charge in [-0.2, -0.15) is 5.26 Å². The largest absolute Gasteiger partial charge is 0.370 e. The summed E-state index contributed by atoms with van der Waals surface area (Å²) in [5.74, 6) is 2.52. The molecule has 1 atom stereocenters. The Morgan fingerprint density at radius 2 is 2.17 bits per heavy atom. The molecule has 0 aliphatic heterocycles. The fourth-order valence-corrected chi connectivity index (χ4v) is 1.59. The Hall–Kier alpha value is -1.83. The molecule has 0 saturated heterocycles. The van der Waals surface area contributed by atoms with Crippen molar-refractivity contribution >= 4 is 11.6 Å². The highest BCUT2D eigenvalue weighted by Gasteiger charge is 2.13. The van der Waals surface area contributed by atoms with Crippen molar-refractivity contribution in [2.45, 2.75) is 39.7 Å². The number of nitrogens with one attached hydrogen (secondary N) is 1. The van der Waals surface area contributed by atoms with Crippen LogP contribution in [0.3, 0.4) is 0 Å². The monoisotopic (exact) mass is 247 g/mol. The second-order valence-corrected chi connectivity index (χ2v) is 4.23. The molecule has 0 saturated carbocycles. The Kier molecular flexibility index (Phi) is 5.37. The summed E-state index contributed by atoms with van der Waals surface area (Å²) in [6, 6.07) is 4.26. The van der Waals surface area contributed by atoms with Crippen LogP contribution in [-0.4, -0.2) is 29.6 Å². The highest BCUT2D eigenvalue weighted by atomic mass is 15.2. The topological polar surface area (TPSA) is 64.8 Å². The molecule has 0 radical (unpaired) electrons. The van der Waals surface area contributed by atoms with E-state index in [1.807, 2.05) is 38.8 Å². The zero-order chi connectivity index (χ0) is 13.5. The number of rotatable bonds is 6. The molecule has 0 fully saturated rings. The fraction of sp³-hybridized carbons (Fsp3) is 0.615. The van der Waals surface area contributed by atoms with E-state index in [0.717, 1.165) is 30.4 Å². The lowest BCUT2D eigenvalue weighted by molar-refractivity contribution is 0.689. The normalized spacial score (nSPS) is 11.7. The average molecular weight is 247 g/mol. The number of hydrogen-bond acceptors (Lipinski definition) is 5. The second-order valence-electron chi connectivity index (χ2n) is 4.23. The molecule has 1 N–H and O–H groups in total. The first-order valence-electron chi connectivity index (χ1n) is 6.33. The van der Waals surface area contributed by atoms with Crippen LogP contribution in [0.1, 0.15) is 33.0 Å². The maximum absolute atomic E-state index is 8.75. The van der Waals surface area contributed by atoms with Crippen molar-refractivity contribution in [2.24, 2.45) is 0 Å². The molecular formula is C13H21N5. The molecule has 0 bridgehead atoms. The smallest absolute Gasteiger partial charge is 0.134 e. The fourth-order valence-electron chi connectivity index (χ4n) is 1.59. The zero-order valence-electron chi connectivity index (χ0n) is 11.6. The van der Waals surface area contributed by atoms with Crippen molar-refractivity contribution in [3.05, 3.63) is 11.9 Å². The summed E-state index contributed by atoms with van der Waals surface area (Å²) < 4.78 is 0. The van der Waals surface area contributed by atoms with Crippen molar-refractivity contribution in [3.63, 3.8) is 0 Å². The van der Waals surface area contributed by atoms with Crippen LogP contribution >= 0.6 is 0 Å². The van der Waals surface area contributed by atoms with Gasteiger partial charge in [-0.25, -0.2) is 9.97 Å². The lowest BCUT2D eigenvalue weighted by atomic mass is 10.2. The van der Waals surface area contributed by atoms with E-state index in [0.29, 0.717) is 6.42 Å². The first-order chi connectivity index (χ1) is 8.62. The number of aryl methyl sites for hydroxylation is 1. The Bertz CT molecular complexity index is 424. The number of nitriles is 1. The predicted octanol–water partition coefficient (Wildman–Crippen LogP) is 2.21. The third-order valence-electron chi connectivity index (χ3n) is 2.84. The molecule has 1 aromatic heterocycles. The van der Waals surface area contributed by atoms with E-state index in [1.165, 1.54) is 0 Å². The van der Waals surface area contributed by atoms with Gasteiger partial charge in [0.25, 0.3) is 0 Å². The maximum Gasteiger partial charge on any atom is 0.134 e. The molecule has 0 aliphatic rings. The lowest BCUT2D eigenvalue weighted by Crippen LogP contribution is -2.29. The molecule has 18 heavy (non-hydrogen) atoms. The third-order valence-corrected chi connectivity index (χ3v) is 2.84. The van der Waals surface area contributed by atoms with Gasteiger partial charge in [-0.05, 0) is 13.8 Å². The molecule has 0 spiro atoms. The first kappa shape index (κ1) is 14.2. The lowest BCUT2D eigenvalue weighted by Gasteiger charge is -2.24. The van der Waals surface area contributed by atoms with Gasteiger partial charge in [0.1, 0.15) is 17.5 Å². The van der Waals surface area contributed by atoms with Gasteiger partial charge in [-0.1, -0.05) is 6.92 Å². The van der Waals surface area contributed by atoms with Gasteiger partial charge in [0.15, 0.2) is 0 Å². The van der Waals surface area contributed by atoms with Gasteiger partial charge >= 0.3 is 0 Å². The van der Waals surface area contributed by atoms with Crippen LogP contribution in [0.5, 0.6) is 0 Å². The molecule has 98 valence electrons. The Labute approximate surface area is 109 Å². The minimum absolute atomic E-state index is 0.143. The molecule has 0 amide bonds. The molecule has 1 heterocycles. The highest BCUT2D eigenvalue weighted by molar-refractivity contribution is 5.49. The van der Waals surface area contributed by atoms with Crippen molar-refractivity contribution in [1.29, 1.82) is 5.26 Å². The summed E-state index contributed by atoms with van der Waals surface area (Å²) in [6.45, 7) is 6.92. The molecule has 0 aromatic carbocycles. The molecule has 1 aromatic rings. The van der Waals surface area contributed by atoms with Crippen molar-refractivity contribution in [2.75, 3.05) is 23.8 Å². The summed E-state index contributed by atoms with van der Waals surface area (Å²) >= 11 is 0. The quantitative estimate of drug-likeness (QED) is 0.835.